The van der Waals surface area contributed by atoms with Crippen molar-refractivity contribution in [3.8, 4) is 0 Å². The number of aromatic amines is 1. The lowest BCUT2D eigenvalue weighted by Crippen LogP contribution is -2.07. The number of aryl methyl sites for hydroxylation is 1. The number of alkyl halides is 3. The lowest BCUT2D eigenvalue weighted by molar-refractivity contribution is -0.141. The summed E-state index contributed by atoms with van der Waals surface area (Å²) in [7, 11) is 0. The van der Waals surface area contributed by atoms with Crippen LogP contribution in [0.15, 0.2) is 6.08 Å². The van der Waals surface area contributed by atoms with Crippen molar-refractivity contribution in [2.24, 2.45) is 0 Å². The van der Waals surface area contributed by atoms with Crippen LogP contribution in [-0.4, -0.2) is 16.0 Å². The van der Waals surface area contributed by atoms with Crippen molar-refractivity contribution in [3.05, 3.63) is 23.0 Å². The van der Waals surface area contributed by atoms with Crippen LogP contribution >= 0.6 is 12.6 Å². The number of aromatic nitrogens is 2. The molecule has 0 bridgehead atoms. The quantitative estimate of drug-likeness (QED) is 0.776. The minimum atomic E-state index is -4.41. The maximum absolute atomic E-state index is 12.4. The molecule has 0 fully saturated rings. The van der Waals surface area contributed by atoms with Crippen LogP contribution in [0.2, 0.25) is 0 Å². The second kappa shape index (κ2) is 4.74. The Kier molecular flexibility index (Phi) is 3.84. The molecule has 0 aromatic carbocycles. The number of nitrogens with one attached hydrogen (secondary N) is 1. The van der Waals surface area contributed by atoms with Crippen molar-refractivity contribution in [1.82, 2.24) is 10.2 Å². The molecule has 0 unspecified atom stereocenters. The first-order chi connectivity index (χ1) is 6.96. The normalized spacial score (nSPS) is 12.6. The van der Waals surface area contributed by atoms with Crippen LogP contribution in [0.5, 0.6) is 0 Å². The van der Waals surface area contributed by atoms with E-state index in [2.05, 4.69) is 22.8 Å². The van der Waals surface area contributed by atoms with Gasteiger partial charge in [-0.25, -0.2) is 0 Å². The average molecular weight is 236 g/mol. The first kappa shape index (κ1) is 12.2. The molecule has 1 N–H and O–H groups in total. The fourth-order valence-corrected chi connectivity index (χ4v) is 1.28. The van der Waals surface area contributed by atoms with Crippen LogP contribution < -0.4 is 0 Å². The third-order valence-electron chi connectivity index (χ3n) is 1.84. The summed E-state index contributed by atoms with van der Waals surface area (Å²) in [4.78, 5) is 0. The number of H-pyrrole nitrogens is 1. The molecular weight excluding hydrogens is 225 g/mol. The lowest BCUT2D eigenvalue weighted by atomic mass is 10.1. The first-order valence-corrected chi connectivity index (χ1v) is 4.99. The van der Waals surface area contributed by atoms with Gasteiger partial charge in [0.2, 0.25) is 0 Å². The second-order valence-corrected chi connectivity index (χ2v) is 3.47. The Balaban J connectivity index is 3.00. The van der Waals surface area contributed by atoms with Crippen molar-refractivity contribution < 1.29 is 13.2 Å². The fraction of sp³-hybridized carbons (Fsp3) is 0.444. The molecule has 0 saturated heterocycles. The molecular formula is C9H11F3N2S. The van der Waals surface area contributed by atoms with Crippen LogP contribution in [0.1, 0.15) is 23.4 Å². The Morgan fingerprint density at radius 3 is 2.67 bits per heavy atom. The van der Waals surface area contributed by atoms with E-state index in [0.717, 1.165) is 0 Å². The zero-order valence-electron chi connectivity index (χ0n) is 8.10. The molecule has 2 nitrogen and oxygen atoms in total. The molecule has 0 spiro atoms. The first-order valence-electron chi connectivity index (χ1n) is 4.36. The number of halogens is 3. The van der Waals surface area contributed by atoms with E-state index in [1.54, 1.807) is 13.0 Å². The van der Waals surface area contributed by atoms with Crippen LogP contribution in [0.25, 0.3) is 6.08 Å². The Bertz CT molecular complexity index is 355. The molecule has 0 aliphatic heterocycles. The topological polar surface area (TPSA) is 28.7 Å². The highest BCUT2D eigenvalue weighted by Gasteiger charge is 2.36. The summed E-state index contributed by atoms with van der Waals surface area (Å²) in [6.45, 7) is 1.56. The van der Waals surface area contributed by atoms with E-state index >= 15 is 0 Å². The predicted octanol–water partition coefficient (Wildman–Crippen LogP) is 3.07. The van der Waals surface area contributed by atoms with E-state index in [-0.39, 0.29) is 5.56 Å². The molecule has 0 atom stereocenters. The third kappa shape index (κ3) is 3.02. The smallest absolute Gasteiger partial charge is 0.282 e. The third-order valence-corrected chi connectivity index (χ3v) is 2.10. The van der Waals surface area contributed by atoms with Gasteiger partial charge in [-0.15, -0.1) is 0 Å². The highest BCUT2D eigenvalue weighted by atomic mass is 32.1. The molecule has 0 radical (unpaired) electrons. The van der Waals surface area contributed by atoms with E-state index in [4.69, 9.17) is 0 Å². The maximum atomic E-state index is 12.4. The highest BCUT2D eigenvalue weighted by molar-refractivity contribution is 7.80. The SMILES string of the molecule is Cc1[nH]nc(C(F)(F)F)c1C=CCCS. The van der Waals surface area contributed by atoms with Gasteiger partial charge >= 0.3 is 6.18 Å². The summed E-state index contributed by atoms with van der Waals surface area (Å²) >= 11 is 3.96. The summed E-state index contributed by atoms with van der Waals surface area (Å²) in [6.07, 6.45) is -0.700. The highest BCUT2D eigenvalue weighted by Crippen LogP contribution is 2.32. The van der Waals surface area contributed by atoms with Gasteiger partial charge in [0.25, 0.3) is 0 Å². The number of hydrogen-bond acceptors (Lipinski definition) is 2. The van der Waals surface area contributed by atoms with Gasteiger partial charge in [0.05, 0.1) is 0 Å². The molecule has 6 heteroatoms. The van der Waals surface area contributed by atoms with Crippen LogP contribution in [-0.2, 0) is 6.18 Å². The molecule has 1 rings (SSSR count). The number of allylic oxidation sites excluding steroid dienone is 1. The molecule has 0 saturated carbocycles. The van der Waals surface area contributed by atoms with Crippen LogP contribution in [0, 0.1) is 6.92 Å². The molecule has 0 aliphatic carbocycles. The Labute approximate surface area is 91.0 Å². The van der Waals surface area contributed by atoms with Gasteiger partial charge in [-0.05, 0) is 19.1 Å². The minimum Gasteiger partial charge on any atom is -0.282 e. The number of nitrogens with zero attached hydrogens (tertiary/aromatic N) is 1. The number of thiol groups is 1. The van der Waals surface area contributed by atoms with E-state index < -0.39 is 11.9 Å². The van der Waals surface area contributed by atoms with Gasteiger partial charge in [-0.3, -0.25) is 5.10 Å². The van der Waals surface area contributed by atoms with Crippen LogP contribution in [0.3, 0.4) is 0 Å². The fourth-order valence-electron chi connectivity index (χ4n) is 1.13. The van der Waals surface area contributed by atoms with Crippen molar-refractivity contribution in [3.63, 3.8) is 0 Å². The summed E-state index contributed by atoms with van der Waals surface area (Å²) in [5.41, 5.74) is -0.350. The largest absolute Gasteiger partial charge is 0.435 e. The maximum Gasteiger partial charge on any atom is 0.435 e. The Hall–Kier alpha value is -0.910. The molecule has 1 aromatic heterocycles. The molecule has 1 aromatic rings. The minimum absolute atomic E-state index is 0.101. The second-order valence-electron chi connectivity index (χ2n) is 3.02. The van der Waals surface area contributed by atoms with E-state index in [9.17, 15) is 13.2 Å². The van der Waals surface area contributed by atoms with Crippen molar-refractivity contribution in [2.75, 3.05) is 5.75 Å². The van der Waals surface area contributed by atoms with Gasteiger partial charge in [-0.2, -0.15) is 30.9 Å². The molecule has 1 heterocycles. The summed E-state index contributed by atoms with van der Waals surface area (Å²) in [5.74, 6) is 0.606. The molecule has 84 valence electrons. The Morgan fingerprint density at radius 1 is 1.47 bits per heavy atom. The molecule has 0 amide bonds. The van der Waals surface area contributed by atoms with Gasteiger partial charge < -0.3 is 0 Å². The van der Waals surface area contributed by atoms with E-state index in [1.165, 1.54) is 6.08 Å². The van der Waals surface area contributed by atoms with Crippen LogP contribution in [0.4, 0.5) is 13.2 Å². The monoisotopic (exact) mass is 236 g/mol. The van der Waals surface area contributed by atoms with Crippen molar-refractivity contribution in [2.45, 2.75) is 19.5 Å². The van der Waals surface area contributed by atoms with E-state index in [1.807, 2.05) is 0 Å². The molecule has 0 aliphatic rings. The summed E-state index contributed by atoms with van der Waals surface area (Å²) in [5, 5.41) is 5.58. The molecule has 15 heavy (non-hydrogen) atoms. The van der Waals surface area contributed by atoms with Crippen molar-refractivity contribution >= 4 is 18.7 Å². The number of hydrogen-bond donors (Lipinski definition) is 2. The van der Waals surface area contributed by atoms with Gasteiger partial charge in [0.15, 0.2) is 5.69 Å². The summed E-state index contributed by atoms with van der Waals surface area (Å²) in [6, 6.07) is 0. The van der Waals surface area contributed by atoms with E-state index in [0.29, 0.717) is 17.9 Å². The average Bonchev–Trinajstić information content (AvgIpc) is 2.48. The van der Waals surface area contributed by atoms with Gasteiger partial charge in [0.1, 0.15) is 0 Å². The lowest BCUT2D eigenvalue weighted by Gasteiger charge is -2.03. The predicted molar refractivity (Wildman–Crippen MR) is 55.8 cm³/mol. The zero-order valence-corrected chi connectivity index (χ0v) is 8.99. The van der Waals surface area contributed by atoms with Crippen molar-refractivity contribution in [1.29, 1.82) is 0 Å². The number of rotatable bonds is 3. The van der Waals surface area contributed by atoms with Gasteiger partial charge in [0, 0.05) is 11.3 Å². The zero-order chi connectivity index (χ0) is 11.5. The summed E-state index contributed by atoms with van der Waals surface area (Å²) < 4.78 is 37.3. The standard InChI is InChI=1S/C9H11F3N2S/c1-6-7(4-2-3-5-15)8(14-13-6)9(10,11)12/h2,4,15H,3,5H2,1H3,(H,13,14). The Morgan fingerprint density at radius 2 is 2.13 bits per heavy atom. The van der Waals surface area contributed by atoms with Gasteiger partial charge in [-0.1, -0.05) is 12.2 Å².